The van der Waals surface area contributed by atoms with Gasteiger partial charge in [-0.15, -0.1) is 5.10 Å². The maximum atomic E-state index is 11.9. The van der Waals surface area contributed by atoms with Crippen LogP contribution in [0.15, 0.2) is 9.21 Å². The molecule has 0 aliphatic carbocycles. The molecule has 0 saturated carbocycles. The largest absolute Gasteiger partial charge is 0.462 e. The number of fused-ring (bicyclic) bond motifs is 1. The zero-order valence-corrected chi connectivity index (χ0v) is 10.9. The van der Waals surface area contributed by atoms with E-state index in [1.807, 2.05) is 0 Å². The molecular formula is C10H9N3O5S. The highest BCUT2D eigenvalue weighted by molar-refractivity contribution is 7.13. The predicted molar refractivity (Wildman–Crippen MR) is 66.2 cm³/mol. The molecule has 9 heteroatoms. The number of amides is 1. The molecule has 19 heavy (non-hydrogen) atoms. The quantitative estimate of drug-likeness (QED) is 0.828. The van der Waals surface area contributed by atoms with Crippen molar-refractivity contribution in [3.63, 3.8) is 0 Å². The van der Waals surface area contributed by atoms with Crippen LogP contribution in [0.25, 0.3) is 10.2 Å². The van der Waals surface area contributed by atoms with Gasteiger partial charge < -0.3 is 9.15 Å². The van der Waals surface area contributed by atoms with Crippen molar-refractivity contribution in [1.82, 2.24) is 9.59 Å². The van der Waals surface area contributed by atoms with Gasteiger partial charge in [-0.25, -0.2) is 9.59 Å². The van der Waals surface area contributed by atoms with E-state index in [1.54, 1.807) is 6.92 Å². The van der Waals surface area contributed by atoms with Gasteiger partial charge in [0.1, 0.15) is 10.3 Å². The van der Waals surface area contributed by atoms with Crippen LogP contribution in [0.4, 0.5) is 5.88 Å². The van der Waals surface area contributed by atoms with Crippen LogP contribution < -0.4 is 10.9 Å². The topological polar surface area (TPSA) is 111 Å². The molecule has 1 amide bonds. The number of hydrogen-bond donors (Lipinski definition) is 1. The van der Waals surface area contributed by atoms with Gasteiger partial charge in [0.15, 0.2) is 5.52 Å². The number of carbonyl (C=O) groups excluding carboxylic acids is 2. The van der Waals surface area contributed by atoms with E-state index in [0.29, 0.717) is 0 Å². The van der Waals surface area contributed by atoms with Crippen LogP contribution >= 0.6 is 11.5 Å². The Kier molecular flexibility index (Phi) is 3.56. The molecule has 0 atom stereocenters. The lowest BCUT2D eigenvalue weighted by molar-refractivity contribution is -0.114. The van der Waals surface area contributed by atoms with Gasteiger partial charge in [-0.3, -0.25) is 10.1 Å². The third-order valence-electron chi connectivity index (χ3n) is 2.10. The molecule has 2 heterocycles. The fraction of sp³-hybridized carbons (Fsp3) is 0.300. The first-order valence-electron chi connectivity index (χ1n) is 5.28. The van der Waals surface area contributed by atoms with Gasteiger partial charge in [0.05, 0.1) is 6.61 Å². The number of nitrogens with zero attached hydrogens (tertiary/aromatic N) is 2. The highest BCUT2D eigenvalue weighted by Crippen LogP contribution is 2.26. The van der Waals surface area contributed by atoms with Gasteiger partial charge in [-0.2, -0.15) is 0 Å². The number of aromatic nitrogens is 2. The normalized spacial score (nSPS) is 10.4. The summed E-state index contributed by atoms with van der Waals surface area (Å²) in [6.45, 7) is 3.01. The van der Waals surface area contributed by atoms with Crippen LogP contribution in [0.5, 0.6) is 0 Å². The highest BCUT2D eigenvalue weighted by atomic mass is 32.1. The van der Waals surface area contributed by atoms with Crippen LogP contribution in [-0.2, 0) is 9.53 Å². The minimum atomic E-state index is -0.777. The molecule has 1 N–H and O–H groups in total. The maximum Gasteiger partial charge on any atom is 0.367 e. The van der Waals surface area contributed by atoms with E-state index in [4.69, 9.17) is 9.15 Å². The lowest BCUT2D eigenvalue weighted by Gasteiger charge is -2.07. The van der Waals surface area contributed by atoms with Gasteiger partial charge in [0, 0.05) is 6.92 Å². The Labute approximate surface area is 110 Å². The van der Waals surface area contributed by atoms with Gasteiger partial charge in [0.25, 0.3) is 0 Å². The number of carbonyl (C=O) groups is 2. The summed E-state index contributed by atoms with van der Waals surface area (Å²) in [5.74, 6) is -1.45. The summed E-state index contributed by atoms with van der Waals surface area (Å²) in [4.78, 5) is 34.6. The first kappa shape index (κ1) is 13.1. The molecule has 2 rings (SSSR count). The van der Waals surface area contributed by atoms with E-state index in [-0.39, 0.29) is 28.3 Å². The number of hydrogen-bond acceptors (Lipinski definition) is 8. The summed E-state index contributed by atoms with van der Waals surface area (Å²) < 4.78 is 13.6. The van der Waals surface area contributed by atoms with E-state index >= 15 is 0 Å². The number of esters is 1. The van der Waals surface area contributed by atoms with Crippen molar-refractivity contribution in [1.29, 1.82) is 0 Å². The molecular weight excluding hydrogens is 274 g/mol. The SMILES string of the molecule is CCOC(=O)c1c(NC(C)=O)oc(=O)c2nnsc12. The second-order valence-corrected chi connectivity index (χ2v) is 4.20. The van der Waals surface area contributed by atoms with E-state index in [1.165, 1.54) is 6.92 Å². The van der Waals surface area contributed by atoms with Gasteiger partial charge in [0.2, 0.25) is 11.8 Å². The Morgan fingerprint density at radius 1 is 1.47 bits per heavy atom. The lowest BCUT2D eigenvalue weighted by Crippen LogP contribution is -2.16. The molecule has 2 aromatic heterocycles. The molecule has 0 spiro atoms. The smallest absolute Gasteiger partial charge is 0.367 e. The van der Waals surface area contributed by atoms with Gasteiger partial charge >= 0.3 is 11.6 Å². The average Bonchev–Trinajstić information content (AvgIpc) is 2.77. The number of nitrogens with one attached hydrogen (secondary N) is 1. The molecule has 0 aromatic carbocycles. The van der Waals surface area contributed by atoms with Crippen LogP contribution in [-0.4, -0.2) is 28.1 Å². The molecule has 0 bridgehead atoms. The molecule has 0 radical (unpaired) electrons. The first-order chi connectivity index (χ1) is 9.04. The molecule has 0 unspecified atom stereocenters. The van der Waals surface area contributed by atoms with Crippen LogP contribution in [0, 0.1) is 0 Å². The van der Waals surface area contributed by atoms with Crippen molar-refractivity contribution in [2.45, 2.75) is 13.8 Å². The van der Waals surface area contributed by atoms with Gasteiger partial charge in [-0.05, 0) is 18.5 Å². The fourth-order valence-electron chi connectivity index (χ4n) is 1.42. The molecule has 0 aliphatic heterocycles. The molecule has 100 valence electrons. The molecule has 0 aliphatic rings. The second-order valence-electron chi connectivity index (χ2n) is 3.45. The maximum absolute atomic E-state index is 11.9. The Morgan fingerprint density at radius 2 is 2.21 bits per heavy atom. The summed E-state index contributed by atoms with van der Waals surface area (Å²) in [6.07, 6.45) is 0. The minimum absolute atomic E-state index is 0.0540. The number of anilines is 1. The Morgan fingerprint density at radius 3 is 2.84 bits per heavy atom. The second kappa shape index (κ2) is 5.14. The average molecular weight is 283 g/mol. The summed E-state index contributed by atoms with van der Waals surface area (Å²) in [7, 11) is 0. The Bertz CT molecular complexity index is 705. The van der Waals surface area contributed by atoms with Crippen LogP contribution in [0.3, 0.4) is 0 Å². The van der Waals surface area contributed by atoms with Gasteiger partial charge in [-0.1, -0.05) is 4.49 Å². The van der Waals surface area contributed by atoms with Crippen LogP contribution in [0.2, 0.25) is 0 Å². The van der Waals surface area contributed by atoms with Crippen LogP contribution in [0.1, 0.15) is 24.2 Å². The zero-order chi connectivity index (χ0) is 14.0. The van der Waals surface area contributed by atoms with E-state index in [9.17, 15) is 14.4 Å². The van der Waals surface area contributed by atoms with Crippen molar-refractivity contribution in [2.24, 2.45) is 0 Å². The molecule has 8 nitrogen and oxygen atoms in total. The van der Waals surface area contributed by atoms with Crippen molar-refractivity contribution in [3.05, 3.63) is 16.0 Å². The first-order valence-corrected chi connectivity index (χ1v) is 6.05. The van der Waals surface area contributed by atoms with Crippen molar-refractivity contribution >= 4 is 39.5 Å². The van der Waals surface area contributed by atoms with Crippen molar-refractivity contribution in [2.75, 3.05) is 11.9 Å². The third kappa shape index (κ3) is 2.45. The van der Waals surface area contributed by atoms with E-state index in [2.05, 4.69) is 14.9 Å². The number of rotatable bonds is 3. The van der Waals surface area contributed by atoms with Crippen molar-refractivity contribution < 1.29 is 18.7 Å². The highest BCUT2D eigenvalue weighted by Gasteiger charge is 2.24. The molecule has 0 fully saturated rings. The Balaban J connectivity index is 2.70. The predicted octanol–water partition coefficient (Wildman–Crippen LogP) is 0.780. The summed E-state index contributed by atoms with van der Waals surface area (Å²) >= 11 is 0.850. The monoisotopic (exact) mass is 283 g/mol. The summed E-state index contributed by atoms with van der Waals surface area (Å²) in [5.41, 5.74) is -0.899. The standard InChI is InChI=1S/C10H9N3O5S/c1-3-17-9(15)5-7-6(12-13-19-7)10(16)18-8(5)11-4(2)14/h3H2,1-2H3,(H,11,14). The van der Waals surface area contributed by atoms with E-state index in [0.717, 1.165) is 11.5 Å². The van der Waals surface area contributed by atoms with Crippen molar-refractivity contribution in [3.8, 4) is 0 Å². The third-order valence-corrected chi connectivity index (χ3v) is 2.84. The lowest BCUT2D eigenvalue weighted by atomic mass is 10.2. The minimum Gasteiger partial charge on any atom is -0.462 e. The molecule has 2 aromatic rings. The zero-order valence-electron chi connectivity index (χ0n) is 10.1. The molecule has 0 saturated heterocycles. The summed E-state index contributed by atoms with van der Waals surface area (Å²) in [6, 6.07) is 0. The summed E-state index contributed by atoms with van der Waals surface area (Å²) in [5, 5.41) is 5.86. The number of ether oxygens (including phenoxy) is 1. The Hall–Kier alpha value is -2.29. The van der Waals surface area contributed by atoms with E-state index < -0.39 is 17.5 Å². The fourth-order valence-corrected chi connectivity index (χ4v) is 2.10.